The van der Waals surface area contributed by atoms with Gasteiger partial charge in [0.15, 0.2) is 0 Å². The number of aliphatic hydroxyl groups is 2. The first-order valence-corrected chi connectivity index (χ1v) is 13.5. The molecule has 0 saturated heterocycles. The summed E-state index contributed by atoms with van der Waals surface area (Å²) in [5.41, 5.74) is 5.92. The fraction of sp³-hybridized carbons (Fsp3) is 0.214. The Labute approximate surface area is 226 Å². The minimum atomic E-state index is -0.847. The van der Waals surface area contributed by atoms with E-state index in [4.69, 9.17) is 0 Å². The van der Waals surface area contributed by atoms with Gasteiger partial charge in [-0.25, -0.2) is 14.4 Å². The Bertz CT molecular complexity index is 1840. The lowest BCUT2D eigenvalue weighted by Crippen LogP contribution is -2.20. The third kappa shape index (κ3) is 4.34. The first-order valence-electron chi connectivity index (χ1n) is 12.6. The Morgan fingerprint density at radius 2 is 2.05 bits per heavy atom. The number of halogens is 1. The maximum atomic E-state index is 13.6. The van der Waals surface area contributed by atoms with Crippen molar-refractivity contribution in [3.8, 4) is 10.4 Å². The molecule has 0 bridgehead atoms. The number of fused-ring (bicyclic) bond motifs is 6. The molecule has 1 aliphatic rings. The Kier molecular flexibility index (Phi) is 5.84. The summed E-state index contributed by atoms with van der Waals surface area (Å²) in [5.74, 6) is 0.489. The molecule has 1 aliphatic carbocycles. The van der Waals surface area contributed by atoms with Crippen LogP contribution in [0.15, 0.2) is 61.2 Å². The van der Waals surface area contributed by atoms with E-state index in [0.29, 0.717) is 6.54 Å². The third-order valence-electron chi connectivity index (χ3n) is 7.02. The van der Waals surface area contributed by atoms with Crippen LogP contribution in [0.25, 0.3) is 31.6 Å². The number of nitrogens with one attached hydrogen (secondary N) is 1. The molecule has 0 aliphatic heterocycles. The summed E-state index contributed by atoms with van der Waals surface area (Å²) in [6, 6.07) is 12.6. The molecule has 0 spiro atoms. The van der Waals surface area contributed by atoms with Crippen molar-refractivity contribution in [3.05, 3.63) is 83.8 Å². The molecule has 1 atom stereocenters. The van der Waals surface area contributed by atoms with Gasteiger partial charge in [0.25, 0.3) is 0 Å². The van der Waals surface area contributed by atoms with Crippen LogP contribution in [-0.2, 0) is 25.9 Å². The van der Waals surface area contributed by atoms with Crippen LogP contribution in [0.4, 0.5) is 15.9 Å². The zero-order valence-electron chi connectivity index (χ0n) is 20.8. The highest BCUT2D eigenvalue weighted by molar-refractivity contribution is 7.22. The molecule has 0 radical (unpaired) electrons. The van der Waals surface area contributed by atoms with Crippen LogP contribution in [0.2, 0.25) is 0 Å². The number of aliphatic hydroxyl groups excluding tert-OH is 2. The highest BCUT2D eigenvalue weighted by atomic mass is 32.1. The van der Waals surface area contributed by atoms with Crippen LogP contribution in [-0.4, -0.2) is 52.5 Å². The van der Waals surface area contributed by atoms with Gasteiger partial charge in [0.2, 0.25) is 0 Å². The lowest BCUT2D eigenvalue weighted by molar-refractivity contribution is 0.0782. The van der Waals surface area contributed by atoms with Gasteiger partial charge in [-0.1, -0.05) is 12.1 Å². The van der Waals surface area contributed by atoms with Crippen LogP contribution < -0.4 is 5.32 Å². The predicted molar refractivity (Wildman–Crippen MR) is 148 cm³/mol. The topological polar surface area (TPSA) is 114 Å². The summed E-state index contributed by atoms with van der Waals surface area (Å²) in [4.78, 5) is 11.2. The van der Waals surface area contributed by atoms with Gasteiger partial charge in [0.05, 0.1) is 48.6 Å². The van der Waals surface area contributed by atoms with Crippen molar-refractivity contribution in [1.29, 1.82) is 0 Å². The molecule has 2 aromatic carbocycles. The van der Waals surface area contributed by atoms with Crippen LogP contribution in [0, 0.1) is 5.82 Å². The highest BCUT2D eigenvalue weighted by Crippen LogP contribution is 2.45. The standard InChI is InChI=1S/C28H24FN7O2S/c29-18-3-1-2-16(8-18)11-36-24-7-4-19(9-17(24)10-32-36)33-27-25-21-5-6-23-22(13-35(34-23)12-20(38)14-37)26(21)39-28(25)31-15-30-27/h1-4,7-10,13,15,20,37-38H,5-6,11-12,14H2,(H,30,31,33)/t20-/m0/s1. The average molecular weight is 542 g/mol. The predicted octanol–water partition coefficient (Wildman–Crippen LogP) is 4.29. The van der Waals surface area contributed by atoms with E-state index in [1.54, 1.807) is 28.4 Å². The SMILES string of the molecule is OC[C@@H](O)Cn1cc2c(n1)CCc1c-2sc2ncnc(Nc3ccc4c(cnn4Cc4cccc(F)c4)c3)c12. The smallest absolute Gasteiger partial charge is 0.142 e. The van der Waals surface area contributed by atoms with E-state index in [0.717, 1.165) is 67.2 Å². The molecule has 0 amide bonds. The molecule has 4 aromatic heterocycles. The molecular weight excluding hydrogens is 517 g/mol. The zero-order chi connectivity index (χ0) is 26.5. The molecule has 11 heteroatoms. The van der Waals surface area contributed by atoms with Crippen molar-refractivity contribution in [2.75, 3.05) is 11.9 Å². The molecule has 0 fully saturated rings. The van der Waals surface area contributed by atoms with Crippen LogP contribution in [0.3, 0.4) is 0 Å². The van der Waals surface area contributed by atoms with E-state index in [2.05, 4.69) is 25.5 Å². The first kappa shape index (κ1) is 23.9. The molecule has 4 heterocycles. The molecule has 39 heavy (non-hydrogen) atoms. The highest BCUT2D eigenvalue weighted by Gasteiger charge is 2.26. The Morgan fingerprint density at radius 1 is 1.13 bits per heavy atom. The fourth-order valence-corrected chi connectivity index (χ4v) is 6.45. The minimum Gasteiger partial charge on any atom is -0.394 e. The van der Waals surface area contributed by atoms with Crippen molar-refractivity contribution in [1.82, 2.24) is 29.5 Å². The molecule has 6 aromatic rings. The number of nitrogens with zero attached hydrogens (tertiary/aromatic N) is 6. The average Bonchev–Trinajstić information content (AvgIpc) is 3.63. The van der Waals surface area contributed by atoms with E-state index in [-0.39, 0.29) is 19.0 Å². The largest absolute Gasteiger partial charge is 0.394 e. The quantitative estimate of drug-likeness (QED) is 0.276. The molecule has 0 unspecified atom stereocenters. The summed E-state index contributed by atoms with van der Waals surface area (Å²) in [6.45, 7) is 0.430. The summed E-state index contributed by atoms with van der Waals surface area (Å²) in [5, 5.41) is 33.7. The number of rotatable bonds is 7. The van der Waals surface area contributed by atoms with E-state index >= 15 is 0 Å². The molecule has 7 rings (SSSR count). The normalized spacial score (nSPS) is 13.5. The lowest BCUT2D eigenvalue weighted by Gasteiger charge is -2.12. The van der Waals surface area contributed by atoms with Gasteiger partial charge in [0.1, 0.15) is 22.8 Å². The monoisotopic (exact) mass is 541 g/mol. The van der Waals surface area contributed by atoms with Crippen molar-refractivity contribution < 1.29 is 14.6 Å². The number of hydrogen-bond donors (Lipinski definition) is 3. The van der Waals surface area contributed by atoms with Crippen molar-refractivity contribution in [2.45, 2.75) is 32.0 Å². The summed E-state index contributed by atoms with van der Waals surface area (Å²) >= 11 is 1.62. The Hall–Kier alpha value is -4.19. The maximum absolute atomic E-state index is 13.6. The second kappa shape index (κ2) is 9.53. The number of anilines is 2. The summed E-state index contributed by atoms with van der Waals surface area (Å²) < 4.78 is 17.2. The van der Waals surface area contributed by atoms with Gasteiger partial charge in [-0.2, -0.15) is 10.2 Å². The lowest BCUT2D eigenvalue weighted by atomic mass is 9.95. The molecule has 196 valence electrons. The Morgan fingerprint density at radius 3 is 2.92 bits per heavy atom. The van der Waals surface area contributed by atoms with Crippen molar-refractivity contribution >= 4 is 44.0 Å². The number of hydrogen-bond acceptors (Lipinski definition) is 8. The number of aromatic nitrogens is 6. The number of benzene rings is 2. The van der Waals surface area contributed by atoms with Crippen molar-refractivity contribution in [3.63, 3.8) is 0 Å². The summed E-state index contributed by atoms with van der Waals surface area (Å²) in [7, 11) is 0. The third-order valence-corrected chi connectivity index (χ3v) is 8.19. The molecule has 3 N–H and O–H groups in total. The van der Waals surface area contributed by atoms with Gasteiger partial charge in [-0.3, -0.25) is 9.36 Å². The first-order chi connectivity index (χ1) is 19.1. The van der Waals surface area contributed by atoms with Gasteiger partial charge in [-0.05, 0) is 54.3 Å². The van der Waals surface area contributed by atoms with Crippen molar-refractivity contribution in [2.24, 2.45) is 0 Å². The van der Waals surface area contributed by atoms with Gasteiger partial charge in [0, 0.05) is 27.7 Å². The minimum absolute atomic E-state index is 0.248. The zero-order valence-corrected chi connectivity index (χ0v) is 21.6. The second-order valence-electron chi connectivity index (χ2n) is 9.69. The van der Waals surface area contributed by atoms with Gasteiger partial charge < -0.3 is 15.5 Å². The van der Waals surface area contributed by atoms with Gasteiger partial charge >= 0.3 is 0 Å². The van der Waals surface area contributed by atoms with Gasteiger partial charge in [-0.15, -0.1) is 11.3 Å². The van der Waals surface area contributed by atoms with E-state index < -0.39 is 6.10 Å². The Balaban J connectivity index is 1.20. The van der Waals surface area contributed by atoms with E-state index in [1.807, 2.05) is 41.3 Å². The van der Waals surface area contributed by atoms with Crippen LogP contribution in [0.5, 0.6) is 0 Å². The second-order valence-corrected chi connectivity index (χ2v) is 10.7. The summed E-state index contributed by atoms with van der Waals surface area (Å²) in [6.07, 6.45) is 6.08. The van der Waals surface area contributed by atoms with E-state index in [9.17, 15) is 14.6 Å². The fourth-order valence-electron chi connectivity index (χ4n) is 5.22. The molecule has 9 nitrogen and oxygen atoms in total. The number of aryl methyl sites for hydroxylation is 2. The molecule has 0 saturated carbocycles. The maximum Gasteiger partial charge on any atom is 0.142 e. The van der Waals surface area contributed by atoms with Crippen LogP contribution >= 0.6 is 11.3 Å². The van der Waals surface area contributed by atoms with E-state index in [1.165, 1.54) is 17.7 Å². The number of thiophene rings is 1. The van der Waals surface area contributed by atoms with Crippen LogP contribution in [0.1, 0.15) is 16.8 Å². The molecular formula is C28H24FN7O2S.